The van der Waals surface area contributed by atoms with Gasteiger partial charge in [0.2, 0.25) is 0 Å². The van der Waals surface area contributed by atoms with Crippen molar-refractivity contribution in [2.75, 3.05) is 0 Å². The molecule has 0 saturated carbocycles. The van der Waals surface area contributed by atoms with Gasteiger partial charge in [-0.25, -0.2) is 0 Å². The average Bonchev–Trinajstić information content (AvgIpc) is 3.05. The largest absolute Gasteiger partial charge is 0.298 e. The van der Waals surface area contributed by atoms with Crippen molar-refractivity contribution < 1.29 is 4.79 Å². The third-order valence-electron chi connectivity index (χ3n) is 3.84. The molecule has 0 aliphatic carbocycles. The zero-order valence-corrected chi connectivity index (χ0v) is 15.9. The van der Waals surface area contributed by atoms with Crippen LogP contribution in [0.15, 0.2) is 72.4 Å². The molecule has 0 spiro atoms. The van der Waals surface area contributed by atoms with E-state index in [9.17, 15) is 4.79 Å². The minimum absolute atomic E-state index is 0.0665. The molecular formula is C20H18ClN3OS. The quantitative estimate of drug-likeness (QED) is 0.321. The first-order chi connectivity index (χ1) is 12.6. The summed E-state index contributed by atoms with van der Waals surface area (Å²) in [6.45, 7) is 6.25. The van der Waals surface area contributed by atoms with Gasteiger partial charge in [0.25, 0.3) is 0 Å². The van der Waals surface area contributed by atoms with E-state index in [1.807, 2.05) is 66.1 Å². The van der Waals surface area contributed by atoms with Gasteiger partial charge in [-0.3, -0.25) is 9.36 Å². The minimum Gasteiger partial charge on any atom is -0.298 e. The average molecular weight is 384 g/mol. The highest BCUT2D eigenvalue weighted by Gasteiger charge is 2.21. The van der Waals surface area contributed by atoms with Crippen LogP contribution in [0.5, 0.6) is 0 Å². The monoisotopic (exact) mass is 383 g/mol. The molecule has 2 aromatic carbocycles. The summed E-state index contributed by atoms with van der Waals surface area (Å²) in [7, 11) is 0. The zero-order chi connectivity index (χ0) is 18.5. The van der Waals surface area contributed by atoms with Crippen LogP contribution in [0, 0.1) is 0 Å². The van der Waals surface area contributed by atoms with Gasteiger partial charge < -0.3 is 0 Å². The first-order valence-corrected chi connectivity index (χ1v) is 9.42. The Hall–Kier alpha value is -2.37. The maximum atomic E-state index is 12.6. The van der Waals surface area contributed by atoms with E-state index >= 15 is 0 Å². The molecule has 0 aliphatic rings. The molecule has 0 saturated heterocycles. The smallest absolute Gasteiger partial charge is 0.192 e. The van der Waals surface area contributed by atoms with Crippen molar-refractivity contribution in [2.24, 2.45) is 0 Å². The van der Waals surface area contributed by atoms with Crippen LogP contribution in [0.2, 0.25) is 5.02 Å². The van der Waals surface area contributed by atoms with Crippen LogP contribution in [0.4, 0.5) is 0 Å². The Balaban J connectivity index is 1.87. The number of hydrogen-bond acceptors (Lipinski definition) is 4. The van der Waals surface area contributed by atoms with Crippen LogP contribution in [-0.4, -0.2) is 25.8 Å². The molecule has 4 nitrogen and oxygen atoms in total. The van der Waals surface area contributed by atoms with Crippen molar-refractivity contribution in [1.29, 1.82) is 0 Å². The first-order valence-electron chi connectivity index (χ1n) is 8.16. The number of ketones is 1. The topological polar surface area (TPSA) is 47.8 Å². The standard InChI is InChI=1S/C20H18ClN3OS/c1-3-13-24-19(16-9-11-17(21)12-10-16)22-23-20(24)26-14(2)18(25)15-7-5-4-6-8-15/h3-12,14H,1,13H2,2H3. The SMILES string of the molecule is C=CCn1c(SC(C)C(=O)c2ccccc2)nnc1-c1ccc(Cl)cc1. The summed E-state index contributed by atoms with van der Waals surface area (Å²) in [6.07, 6.45) is 1.79. The summed E-state index contributed by atoms with van der Waals surface area (Å²) in [5, 5.41) is 9.68. The van der Waals surface area contributed by atoms with Crippen LogP contribution >= 0.6 is 23.4 Å². The number of carbonyl (C=O) groups is 1. The molecule has 132 valence electrons. The number of nitrogens with zero attached hydrogens (tertiary/aromatic N) is 3. The Morgan fingerprint density at radius 1 is 1.19 bits per heavy atom. The van der Waals surface area contributed by atoms with Crippen molar-refractivity contribution in [3.05, 3.63) is 77.8 Å². The number of hydrogen-bond donors (Lipinski definition) is 0. The van der Waals surface area contributed by atoms with Gasteiger partial charge in [-0.1, -0.05) is 59.8 Å². The van der Waals surface area contributed by atoms with Crippen LogP contribution < -0.4 is 0 Å². The van der Waals surface area contributed by atoms with Crippen molar-refractivity contribution in [2.45, 2.75) is 23.9 Å². The number of carbonyl (C=O) groups excluding carboxylic acids is 1. The fourth-order valence-corrected chi connectivity index (χ4v) is 3.59. The molecule has 0 fully saturated rings. The number of rotatable bonds is 7. The lowest BCUT2D eigenvalue weighted by Crippen LogP contribution is -2.14. The number of benzene rings is 2. The van der Waals surface area contributed by atoms with E-state index in [2.05, 4.69) is 16.8 Å². The Morgan fingerprint density at radius 3 is 2.54 bits per heavy atom. The van der Waals surface area contributed by atoms with Gasteiger partial charge in [-0.2, -0.15) is 0 Å². The van der Waals surface area contributed by atoms with Crippen LogP contribution in [0.25, 0.3) is 11.4 Å². The van der Waals surface area contributed by atoms with E-state index in [4.69, 9.17) is 11.6 Å². The van der Waals surface area contributed by atoms with Gasteiger partial charge in [0.1, 0.15) is 0 Å². The van der Waals surface area contributed by atoms with E-state index in [-0.39, 0.29) is 11.0 Å². The highest BCUT2D eigenvalue weighted by atomic mass is 35.5. The molecule has 0 amide bonds. The molecule has 0 N–H and O–H groups in total. The van der Waals surface area contributed by atoms with E-state index in [0.717, 1.165) is 11.4 Å². The van der Waals surface area contributed by atoms with Crippen molar-refractivity contribution in [3.63, 3.8) is 0 Å². The second kappa shape index (κ2) is 8.34. The lowest BCUT2D eigenvalue weighted by Gasteiger charge is -2.12. The number of halogens is 1. The van der Waals surface area contributed by atoms with Crippen LogP contribution in [0.3, 0.4) is 0 Å². The van der Waals surface area contributed by atoms with Crippen molar-refractivity contribution >= 4 is 29.1 Å². The van der Waals surface area contributed by atoms with Gasteiger partial charge in [0, 0.05) is 22.7 Å². The molecule has 3 aromatic rings. The Morgan fingerprint density at radius 2 is 1.88 bits per heavy atom. The van der Waals surface area contributed by atoms with Crippen LogP contribution in [0.1, 0.15) is 17.3 Å². The van der Waals surface area contributed by atoms with E-state index in [0.29, 0.717) is 22.3 Å². The summed E-state index contributed by atoms with van der Waals surface area (Å²) in [6, 6.07) is 16.7. The molecule has 0 radical (unpaired) electrons. The van der Waals surface area contributed by atoms with Gasteiger partial charge in [-0.15, -0.1) is 16.8 Å². The normalized spacial score (nSPS) is 11.9. The molecule has 1 atom stereocenters. The Labute approximate surface area is 161 Å². The lowest BCUT2D eigenvalue weighted by atomic mass is 10.1. The molecule has 26 heavy (non-hydrogen) atoms. The first kappa shape index (κ1) is 18.4. The molecule has 0 bridgehead atoms. The molecule has 1 aromatic heterocycles. The zero-order valence-electron chi connectivity index (χ0n) is 14.3. The molecular weight excluding hydrogens is 366 g/mol. The predicted molar refractivity (Wildman–Crippen MR) is 107 cm³/mol. The van der Waals surface area contributed by atoms with Crippen LogP contribution in [-0.2, 0) is 6.54 Å². The second-order valence-corrected chi connectivity index (χ2v) is 7.45. The molecule has 1 heterocycles. The fourth-order valence-electron chi connectivity index (χ4n) is 2.53. The predicted octanol–water partition coefficient (Wildman–Crippen LogP) is 5.15. The summed E-state index contributed by atoms with van der Waals surface area (Å²) in [5.41, 5.74) is 1.61. The third-order valence-corrected chi connectivity index (χ3v) is 5.17. The van der Waals surface area contributed by atoms with Gasteiger partial charge in [0.05, 0.1) is 5.25 Å². The van der Waals surface area contributed by atoms with E-state index in [1.54, 1.807) is 6.08 Å². The Kier molecular flexibility index (Phi) is 5.91. The third kappa shape index (κ3) is 4.06. The van der Waals surface area contributed by atoms with E-state index < -0.39 is 0 Å². The lowest BCUT2D eigenvalue weighted by molar-refractivity contribution is 0.0994. The van der Waals surface area contributed by atoms with Crippen molar-refractivity contribution in [1.82, 2.24) is 14.8 Å². The van der Waals surface area contributed by atoms with Gasteiger partial charge in [-0.05, 0) is 31.2 Å². The summed E-state index contributed by atoms with van der Waals surface area (Å²) >= 11 is 7.36. The maximum Gasteiger partial charge on any atom is 0.192 e. The highest BCUT2D eigenvalue weighted by molar-refractivity contribution is 8.00. The summed E-state index contributed by atoms with van der Waals surface area (Å²) in [4.78, 5) is 12.6. The minimum atomic E-state index is -0.275. The molecule has 1 unspecified atom stereocenters. The number of aromatic nitrogens is 3. The fraction of sp³-hybridized carbons (Fsp3) is 0.150. The van der Waals surface area contributed by atoms with Gasteiger partial charge >= 0.3 is 0 Å². The molecule has 6 heteroatoms. The van der Waals surface area contributed by atoms with Crippen molar-refractivity contribution in [3.8, 4) is 11.4 Å². The molecule has 3 rings (SSSR count). The highest BCUT2D eigenvalue weighted by Crippen LogP contribution is 2.29. The summed E-state index contributed by atoms with van der Waals surface area (Å²) in [5.74, 6) is 0.792. The number of thioether (sulfide) groups is 1. The second-order valence-electron chi connectivity index (χ2n) is 5.70. The van der Waals surface area contributed by atoms with Gasteiger partial charge in [0.15, 0.2) is 16.8 Å². The number of allylic oxidation sites excluding steroid dienone is 1. The molecule has 0 aliphatic heterocycles. The maximum absolute atomic E-state index is 12.6. The summed E-state index contributed by atoms with van der Waals surface area (Å²) < 4.78 is 1.95. The van der Waals surface area contributed by atoms with E-state index in [1.165, 1.54) is 11.8 Å². The Bertz CT molecular complexity index is 907. The number of Topliss-reactive ketones (excluding diaryl/α,β-unsaturated/α-hetero) is 1.